The van der Waals surface area contributed by atoms with Gasteiger partial charge in [0.15, 0.2) is 0 Å². The largest absolute Gasteiger partial charge is 0.497 e. The fourth-order valence-corrected chi connectivity index (χ4v) is 6.68. The third kappa shape index (κ3) is 7.39. The molecule has 1 amide bonds. The molecule has 0 aromatic heterocycles. The first-order valence-electron chi connectivity index (χ1n) is 12.8. The first-order valence-corrected chi connectivity index (χ1v) is 16.1. The van der Waals surface area contributed by atoms with Gasteiger partial charge in [0.05, 0.1) is 35.4 Å². The quantitative estimate of drug-likeness (QED) is 0.217. The van der Waals surface area contributed by atoms with Gasteiger partial charge in [-0.1, -0.05) is 17.7 Å². The van der Waals surface area contributed by atoms with Crippen LogP contribution in [-0.2, 0) is 24.8 Å². The second kappa shape index (κ2) is 12.9. The molecule has 43 heavy (non-hydrogen) atoms. The van der Waals surface area contributed by atoms with E-state index in [-0.39, 0.29) is 21.2 Å². The smallest absolute Gasteiger partial charge is 0.264 e. The highest BCUT2D eigenvalue weighted by molar-refractivity contribution is 7.93. The van der Waals surface area contributed by atoms with Crippen LogP contribution in [0, 0.1) is 13.8 Å². The summed E-state index contributed by atoms with van der Waals surface area (Å²) in [6.07, 6.45) is 0. The molecule has 0 radical (unpaired) electrons. The Labute approximate surface area is 256 Å². The number of nitrogens with one attached hydrogen (secondary N) is 2. The Morgan fingerprint density at radius 2 is 1.44 bits per heavy atom. The topological polar surface area (TPSA) is 131 Å². The highest BCUT2D eigenvalue weighted by Crippen LogP contribution is 2.31. The van der Waals surface area contributed by atoms with Crippen LogP contribution in [0.4, 0.5) is 17.1 Å². The molecule has 0 spiro atoms. The average Bonchev–Trinajstić information content (AvgIpc) is 2.97. The zero-order valence-electron chi connectivity index (χ0n) is 23.8. The van der Waals surface area contributed by atoms with Crippen LogP contribution in [0.15, 0.2) is 94.7 Å². The first-order chi connectivity index (χ1) is 20.3. The molecule has 0 saturated heterocycles. The molecule has 0 bridgehead atoms. The predicted octanol–water partition coefficient (Wildman–Crippen LogP) is 5.61. The number of sulfonamides is 2. The molecule has 4 rings (SSSR count). The number of nitrogens with zero attached hydrogens (tertiary/aromatic N) is 1. The lowest BCUT2D eigenvalue weighted by Gasteiger charge is -2.25. The van der Waals surface area contributed by atoms with E-state index in [0.29, 0.717) is 22.2 Å². The Balaban J connectivity index is 1.55. The van der Waals surface area contributed by atoms with Crippen molar-refractivity contribution in [3.63, 3.8) is 0 Å². The third-order valence-corrected chi connectivity index (χ3v) is 9.99. The standard InChI is InChI=1S/C30H30ClN3O7S2/c1-20-5-10-24(17-21(20)2)34(43(38,39)27-12-6-22(31)7-13-27)19-30(35)32-23-8-14-26(15-9-23)42(36,37)33-28-18-25(40-3)11-16-29(28)41-4/h5-18,33H,19H2,1-4H3,(H,32,35). The molecule has 10 nitrogen and oxygen atoms in total. The van der Waals surface area contributed by atoms with Gasteiger partial charge in [0.25, 0.3) is 20.0 Å². The van der Waals surface area contributed by atoms with E-state index in [4.69, 9.17) is 21.1 Å². The second-order valence-corrected chi connectivity index (χ2v) is 13.5. The van der Waals surface area contributed by atoms with Crippen LogP contribution in [-0.4, -0.2) is 43.5 Å². The number of anilines is 3. The van der Waals surface area contributed by atoms with E-state index in [2.05, 4.69) is 10.0 Å². The Hall–Kier alpha value is -4.26. The Morgan fingerprint density at radius 1 is 0.791 bits per heavy atom. The van der Waals surface area contributed by atoms with Crippen molar-refractivity contribution in [2.75, 3.05) is 35.1 Å². The number of methoxy groups -OCH3 is 2. The first kappa shape index (κ1) is 31.7. The van der Waals surface area contributed by atoms with Gasteiger partial charge in [0.2, 0.25) is 5.91 Å². The maximum Gasteiger partial charge on any atom is 0.264 e. The zero-order valence-corrected chi connectivity index (χ0v) is 26.2. The molecular formula is C30H30ClN3O7S2. The highest BCUT2D eigenvalue weighted by Gasteiger charge is 2.28. The maximum atomic E-state index is 13.6. The van der Waals surface area contributed by atoms with Crippen LogP contribution >= 0.6 is 11.6 Å². The number of aryl methyl sites for hydroxylation is 2. The van der Waals surface area contributed by atoms with E-state index < -0.39 is 32.5 Å². The lowest BCUT2D eigenvalue weighted by atomic mass is 10.1. The molecule has 0 unspecified atom stereocenters. The summed E-state index contributed by atoms with van der Waals surface area (Å²) in [5, 5.41) is 3.02. The van der Waals surface area contributed by atoms with Crippen molar-refractivity contribution in [3.8, 4) is 11.5 Å². The average molecular weight is 644 g/mol. The highest BCUT2D eigenvalue weighted by atomic mass is 35.5. The van der Waals surface area contributed by atoms with Crippen molar-refractivity contribution in [1.29, 1.82) is 0 Å². The number of carbonyl (C=O) groups is 1. The summed E-state index contributed by atoms with van der Waals surface area (Å²) in [6.45, 7) is 3.21. The van der Waals surface area contributed by atoms with E-state index in [1.165, 1.54) is 68.8 Å². The molecule has 0 aliphatic rings. The Bertz CT molecular complexity index is 1850. The van der Waals surface area contributed by atoms with Crippen LogP contribution in [0.5, 0.6) is 11.5 Å². The van der Waals surface area contributed by atoms with E-state index in [1.807, 2.05) is 13.8 Å². The van der Waals surface area contributed by atoms with Crippen molar-refractivity contribution >= 4 is 54.6 Å². The van der Waals surface area contributed by atoms with Gasteiger partial charge in [-0.05, 0) is 97.8 Å². The van der Waals surface area contributed by atoms with Gasteiger partial charge in [-0.15, -0.1) is 0 Å². The maximum absolute atomic E-state index is 13.6. The number of halogens is 1. The summed E-state index contributed by atoms with van der Waals surface area (Å²) in [4.78, 5) is 13.0. The van der Waals surface area contributed by atoms with Gasteiger partial charge in [-0.2, -0.15) is 0 Å². The van der Waals surface area contributed by atoms with E-state index in [9.17, 15) is 21.6 Å². The minimum atomic E-state index is -4.15. The molecule has 4 aromatic carbocycles. The molecule has 0 atom stereocenters. The molecule has 0 fully saturated rings. The van der Waals surface area contributed by atoms with Crippen LogP contribution in [0.1, 0.15) is 11.1 Å². The van der Waals surface area contributed by atoms with Crippen LogP contribution in [0.2, 0.25) is 5.02 Å². The van der Waals surface area contributed by atoms with Crippen molar-refractivity contribution in [2.45, 2.75) is 23.6 Å². The molecule has 0 heterocycles. The van der Waals surface area contributed by atoms with Crippen LogP contribution in [0.3, 0.4) is 0 Å². The van der Waals surface area contributed by atoms with Gasteiger partial charge in [0.1, 0.15) is 18.0 Å². The van der Waals surface area contributed by atoms with E-state index >= 15 is 0 Å². The molecule has 4 aromatic rings. The normalized spacial score (nSPS) is 11.5. The summed E-state index contributed by atoms with van der Waals surface area (Å²) in [6, 6.07) is 20.9. The number of amides is 1. The SMILES string of the molecule is COc1ccc(OC)c(NS(=O)(=O)c2ccc(NC(=O)CN(c3ccc(C)c(C)c3)S(=O)(=O)c3ccc(Cl)cc3)cc2)c1. The number of hydrogen-bond acceptors (Lipinski definition) is 7. The van der Waals surface area contributed by atoms with Gasteiger partial charge in [-0.25, -0.2) is 16.8 Å². The number of benzene rings is 4. The van der Waals surface area contributed by atoms with Crippen LogP contribution in [0.25, 0.3) is 0 Å². The fourth-order valence-electron chi connectivity index (χ4n) is 4.08. The van der Waals surface area contributed by atoms with Crippen molar-refractivity contribution in [2.24, 2.45) is 0 Å². The second-order valence-electron chi connectivity index (χ2n) is 9.48. The monoisotopic (exact) mass is 643 g/mol. The Kier molecular flexibility index (Phi) is 9.53. The van der Waals surface area contributed by atoms with Crippen molar-refractivity contribution in [3.05, 3.63) is 101 Å². The molecule has 13 heteroatoms. The number of carbonyl (C=O) groups excluding carboxylic acids is 1. The summed E-state index contributed by atoms with van der Waals surface area (Å²) in [5.41, 5.74) is 2.59. The minimum absolute atomic E-state index is 0.0299. The van der Waals surface area contributed by atoms with Crippen molar-refractivity contribution < 1.29 is 31.1 Å². The molecule has 0 aliphatic carbocycles. The number of hydrogen-bond donors (Lipinski definition) is 2. The lowest BCUT2D eigenvalue weighted by Crippen LogP contribution is -2.38. The Morgan fingerprint density at radius 3 is 2.05 bits per heavy atom. The molecular weight excluding hydrogens is 614 g/mol. The fraction of sp³-hybridized carbons (Fsp3) is 0.167. The number of ether oxygens (including phenoxy) is 2. The van der Waals surface area contributed by atoms with Gasteiger partial charge in [0, 0.05) is 16.8 Å². The summed E-state index contributed by atoms with van der Waals surface area (Å²) in [7, 11) is -5.30. The molecule has 0 saturated carbocycles. The van der Waals surface area contributed by atoms with Crippen molar-refractivity contribution in [1.82, 2.24) is 0 Å². The van der Waals surface area contributed by atoms with Gasteiger partial charge in [-0.3, -0.25) is 13.8 Å². The lowest BCUT2D eigenvalue weighted by molar-refractivity contribution is -0.114. The zero-order chi connectivity index (χ0) is 31.4. The summed E-state index contributed by atoms with van der Waals surface area (Å²) in [5.74, 6) is 0.102. The van der Waals surface area contributed by atoms with Gasteiger partial charge >= 0.3 is 0 Å². The van der Waals surface area contributed by atoms with Crippen LogP contribution < -0.4 is 23.8 Å². The summed E-state index contributed by atoms with van der Waals surface area (Å²) >= 11 is 5.95. The third-order valence-electron chi connectivity index (χ3n) is 6.57. The number of rotatable bonds is 11. The molecule has 226 valence electrons. The predicted molar refractivity (Wildman–Crippen MR) is 167 cm³/mol. The minimum Gasteiger partial charge on any atom is -0.497 e. The van der Waals surface area contributed by atoms with Gasteiger partial charge < -0.3 is 14.8 Å². The molecule has 0 aliphatic heterocycles. The summed E-state index contributed by atoms with van der Waals surface area (Å²) < 4.78 is 67.3. The van der Waals surface area contributed by atoms with E-state index in [1.54, 1.807) is 30.3 Å². The molecule has 2 N–H and O–H groups in total. The van der Waals surface area contributed by atoms with E-state index in [0.717, 1.165) is 15.4 Å².